The molecule has 0 aliphatic rings. The van der Waals surface area contributed by atoms with E-state index in [9.17, 15) is 12.6 Å². The first-order chi connectivity index (χ1) is 6.48. The summed E-state index contributed by atoms with van der Waals surface area (Å²) in [6.07, 6.45) is 1.99. The molecule has 0 aromatic carbocycles. The molecule has 2 N–H and O–H groups in total. The minimum Gasteiger partial charge on any atom is -0.316 e. The van der Waals surface area contributed by atoms with Gasteiger partial charge in [0.05, 0.1) is 5.75 Å². The van der Waals surface area contributed by atoms with Gasteiger partial charge in [-0.05, 0) is 13.0 Å². The summed E-state index contributed by atoms with van der Waals surface area (Å²) in [4.78, 5) is 0. The highest BCUT2D eigenvalue weighted by Crippen LogP contribution is 1.94. The van der Waals surface area contributed by atoms with Gasteiger partial charge in [0.15, 0.2) is 0 Å². The fraction of sp³-hybridized carbons (Fsp3) is 1.00. The van der Waals surface area contributed by atoms with Crippen LogP contribution in [0.25, 0.3) is 0 Å². The molecule has 0 aromatic rings. The van der Waals surface area contributed by atoms with Crippen LogP contribution in [0, 0.1) is 0 Å². The molecule has 0 bridgehead atoms. The summed E-state index contributed by atoms with van der Waals surface area (Å²) < 4.78 is 43.7. The smallest absolute Gasteiger partial charge is 0.316 e. The number of unbranched alkanes of at least 4 members (excludes halogenated alkanes) is 1. The van der Waals surface area contributed by atoms with Gasteiger partial charge in [-0.2, -0.15) is 12.6 Å². The molecule has 0 aromatic heterocycles. The second-order valence-corrected chi connectivity index (χ2v) is 5.15. The summed E-state index contributed by atoms with van der Waals surface area (Å²) in [5.74, 6) is -0.303. The molecule has 0 aliphatic heterocycles. The standard InChI is InChI=1S/C6H15NO5S2/c1-2-3-4-7-5-6-14(10,11)12-13(8)9/h7H,2-6H2,1H3,(H,8,9). The second kappa shape index (κ2) is 7.30. The Bertz CT molecular complexity index is 263. The summed E-state index contributed by atoms with van der Waals surface area (Å²) in [5.41, 5.74) is 0. The average Bonchev–Trinajstić information content (AvgIpc) is 2.01. The minimum absolute atomic E-state index is 0.222. The lowest BCUT2D eigenvalue weighted by atomic mass is 10.3. The Morgan fingerprint density at radius 1 is 1.43 bits per heavy atom. The molecule has 0 heterocycles. The van der Waals surface area contributed by atoms with Crippen molar-refractivity contribution in [2.45, 2.75) is 19.8 Å². The summed E-state index contributed by atoms with van der Waals surface area (Å²) in [7, 11) is -3.88. The van der Waals surface area contributed by atoms with Gasteiger partial charge in [0, 0.05) is 6.54 Å². The van der Waals surface area contributed by atoms with Gasteiger partial charge in [-0.15, -0.1) is 3.63 Å². The lowest BCUT2D eigenvalue weighted by Crippen LogP contribution is -2.25. The molecule has 6 nitrogen and oxygen atoms in total. The van der Waals surface area contributed by atoms with E-state index in [1.807, 2.05) is 6.92 Å². The molecular formula is C6H15NO5S2. The van der Waals surface area contributed by atoms with Crippen molar-refractivity contribution in [1.29, 1.82) is 0 Å². The Hall–Kier alpha value is -0.0200. The van der Waals surface area contributed by atoms with Crippen molar-refractivity contribution >= 4 is 21.5 Å². The molecule has 0 radical (unpaired) electrons. The first kappa shape index (κ1) is 14.0. The van der Waals surface area contributed by atoms with Gasteiger partial charge in [-0.25, -0.2) is 0 Å². The summed E-state index contributed by atoms with van der Waals surface area (Å²) in [6, 6.07) is 0. The van der Waals surface area contributed by atoms with E-state index in [1.54, 1.807) is 0 Å². The van der Waals surface area contributed by atoms with Gasteiger partial charge >= 0.3 is 11.4 Å². The van der Waals surface area contributed by atoms with E-state index in [0.717, 1.165) is 19.4 Å². The zero-order valence-electron chi connectivity index (χ0n) is 7.93. The molecular weight excluding hydrogens is 230 g/mol. The van der Waals surface area contributed by atoms with Crippen molar-refractivity contribution < 1.29 is 20.8 Å². The van der Waals surface area contributed by atoms with E-state index in [-0.39, 0.29) is 12.3 Å². The average molecular weight is 245 g/mol. The molecule has 0 amide bonds. The second-order valence-electron chi connectivity index (χ2n) is 2.65. The molecule has 0 saturated heterocycles. The topological polar surface area (TPSA) is 92.7 Å². The molecule has 0 aliphatic carbocycles. The minimum atomic E-state index is -3.88. The lowest BCUT2D eigenvalue weighted by Gasteiger charge is -2.03. The predicted octanol–water partition coefficient (Wildman–Crippen LogP) is -0.141. The van der Waals surface area contributed by atoms with Gasteiger partial charge in [0.1, 0.15) is 0 Å². The van der Waals surface area contributed by atoms with Crippen LogP contribution in [0.15, 0.2) is 0 Å². The number of rotatable bonds is 8. The van der Waals surface area contributed by atoms with Crippen molar-refractivity contribution in [3.63, 3.8) is 0 Å². The van der Waals surface area contributed by atoms with E-state index < -0.39 is 21.5 Å². The van der Waals surface area contributed by atoms with Crippen LogP contribution in [-0.2, 0) is 25.1 Å². The van der Waals surface area contributed by atoms with Gasteiger partial charge in [-0.1, -0.05) is 13.3 Å². The van der Waals surface area contributed by atoms with Crippen LogP contribution in [0.4, 0.5) is 0 Å². The predicted molar refractivity (Wildman–Crippen MR) is 53.4 cm³/mol. The SMILES string of the molecule is CCCCNCCS(=O)(=O)OS(=O)O. The maximum absolute atomic E-state index is 10.9. The highest BCUT2D eigenvalue weighted by molar-refractivity contribution is 7.95. The van der Waals surface area contributed by atoms with Crippen LogP contribution in [0.1, 0.15) is 19.8 Å². The van der Waals surface area contributed by atoms with Gasteiger partial charge in [0.25, 0.3) is 10.1 Å². The monoisotopic (exact) mass is 245 g/mol. The third-order valence-corrected chi connectivity index (χ3v) is 3.40. The highest BCUT2D eigenvalue weighted by Gasteiger charge is 2.13. The Morgan fingerprint density at radius 2 is 2.07 bits per heavy atom. The molecule has 1 atom stereocenters. The summed E-state index contributed by atoms with van der Waals surface area (Å²) in [5, 5.41) is 2.88. The normalized spacial score (nSPS) is 14.1. The molecule has 0 spiro atoms. The molecule has 0 fully saturated rings. The fourth-order valence-corrected chi connectivity index (χ4v) is 2.12. The van der Waals surface area contributed by atoms with E-state index in [2.05, 4.69) is 8.95 Å². The zero-order valence-corrected chi connectivity index (χ0v) is 9.57. The Kier molecular flexibility index (Phi) is 7.28. The molecule has 8 heteroatoms. The molecule has 0 saturated carbocycles. The first-order valence-electron chi connectivity index (χ1n) is 4.22. The Balaban J connectivity index is 3.61. The quantitative estimate of drug-likeness (QED) is 0.457. The zero-order chi connectivity index (χ0) is 11.0. The number of nitrogens with one attached hydrogen (secondary N) is 1. The van der Waals surface area contributed by atoms with Crippen molar-refractivity contribution in [2.24, 2.45) is 0 Å². The van der Waals surface area contributed by atoms with Crippen molar-refractivity contribution in [3.05, 3.63) is 0 Å². The van der Waals surface area contributed by atoms with Gasteiger partial charge < -0.3 is 5.32 Å². The van der Waals surface area contributed by atoms with Crippen LogP contribution in [0.3, 0.4) is 0 Å². The maximum Gasteiger partial charge on any atom is 0.317 e. The Labute approximate surface area is 86.6 Å². The van der Waals surface area contributed by atoms with E-state index >= 15 is 0 Å². The van der Waals surface area contributed by atoms with Crippen LogP contribution in [-0.4, -0.2) is 36.0 Å². The lowest BCUT2D eigenvalue weighted by molar-refractivity contribution is 0.441. The van der Waals surface area contributed by atoms with Crippen molar-refractivity contribution in [3.8, 4) is 0 Å². The molecule has 0 rings (SSSR count). The van der Waals surface area contributed by atoms with Crippen LogP contribution in [0.5, 0.6) is 0 Å². The van der Waals surface area contributed by atoms with E-state index in [0.29, 0.717) is 0 Å². The fourth-order valence-electron chi connectivity index (χ4n) is 0.747. The number of hydrogen-bond acceptors (Lipinski definition) is 5. The molecule has 86 valence electrons. The van der Waals surface area contributed by atoms with Gasteiger partial charge in [-0.3, -0.25) is 4.55 Å². The number of hydrogen-bond donors (Lipinski definition) is 2. The first-order valence-corrected chi connectivity index (χ1v) is 6.83. The Morgan fingerprint density at radius 3 is 2.57 bits per heavy atom. The summed E-state index contributed by atoms with van der Waals surface area (Å²) >= 11 is -2.76. The third-order valence-electron chi connectivity index (χ3n) is 1.40. The van der Waals surface area contributed by atoms with E-state index in [4.69, 9.17) is 4.55 Å². The summed E-state index contributed by atoms with van der Waals surface area (Å²) in [6.45, 7) is 2.98. The largest absolute Gasteiger partial charge is 0.317 e. The van der Waals surface area contributed by atoms with Gasteiger partial charge in [0.2, 0.25) is 0 Å². The molecule has 1 unspecified atom stereocenters. The van der Waals surface area contributed by atoms with E-state index in [1.165, 1.54) is 0 Å². The van der Waals surface area contributed by atoms with Crippen molar-refractivity contribution in [2.75, 3.05) is 18.8 Å². The highest BCUT2D eigenvalue weighted by atomic mass is 32.3. The third kappa shape index (κ3) is 8.57. The van der Waals surface area contributed by atoms with Crippen LogP contribution in [0.2, 0.25) is 0 Å². The van der Waals surface area contributed by atoms with Crippen LogP contribution < -0.4 is 5.32 Å². The molecule has 14 heavy (non-hydrogen) atoms. The van der Waals surface area contributed by atoms with Crippen molar-refractivity contribution in [1.82, 2.24) is 5.32 Å². The maximum atomic E-state index is 10.9. The van der Waals surface area contributed by atoms with Crippen LogP contribution >= 0.6 is 0 Å².